The first-order chi connectivity index (χ1) is 19.6. The van der Waals surface area contributed by atoms with Gasteiger partial charge in [0.05, 0.1) is 38.1 Å². The Morgan fingerprint density at radius 1 is 1.10 bits per heavy atom. The Morgan fingerprint density at radius 3 is 2.51 bits per heavy atom. The maximum Gasteiger partial charge on any atom is 0.350 e. The SMILES string of the molecule is CCCCCOc1ccc(C2C(=C(O)c3ccc(C)c(F)c3)C(=O)C(=O)N2c2nc(C)c(C(=O)OC)s2)cc1OC. The number of esters is 1. The van der Waals surface area contributed by atoms with Crippen molar-refractivity contribution in [1.29, 1.82) is 0 Å². The van der Waals surface area contributed by atoms with Crippen molar-refractivity contribution < 1.29 is 38.1 Å². The maximum absolute atomic E-state index is 14.4. The monoisotopic (exact) mass is 582 g/mol. The van der Waals surface area contributed by atoms with Crippen molar-refractivity contribution in [3.8, 4) is 11.5 Å². The first-order valence-corrected chi connectivity index (χ1v) is 13.9. The maximum atomic E-state index is 14.4. The zero-order chi connectivity index (χ0) is 29.8. The molecule has 216 valence electrons. The van der Waals surface area contributed by atoms with Crippen LogP contribution < -0.4 is 14.4 Å². The predicted molar refractivity (Wildman–Crippen MR) is 152 cm³/mol. The molecule has 0 radical (unpaired) electrons. The molecular formula is C30H31FN2O7S. The molecule has 2 aromatic carbocycles. The van der Waals surface area contributed by atoms with Crippen LogP contribution in [0.4, 0.5) is 9.52 Å². The van der Waals surface area contributed by atoms with Crippen LogP contribution in [-0.4, -0.2) is 48.6 Å². The normalized spacial score (nSPS) is 16.2. The fraction of sp³-hybridized carbons (Fsp3) is 0.333. The van der Waals surface area contributed by atoms with Crippen molar-refractivity contribution in [3.05, 3.63) is 75.0 Å². The number of carbonyl (C=O) groups excluding carboxylic acids is 3. The Hall–Kier alpha value is -4.25. The topological polar surface area (TPSA) is 115 Å². The van der Waals surface area contributed by atoms with E-state index in [1.807, 2.05) is 0 Å². The molecular weight excluding hydrogens is 551 g/mol. The lowest BCUT2D eigenvalue weighted by atomic mass is 9.94. The number of methoxy groups -OCH3 is 2. The molecule has 1 fully saturated rings. The molecule has 1 aromatic heterocycles. The summed E-state index contributed by atoms with van der Waals surface area (Å²) < 4.78 is 30.7. The van der Waals surface area contributed by atoms with Gasteiger partial charge in [-0.1, -0.05) is 49.3 Å². The summed E-state index contributed by atoms with van der Waals surface area (Å²) in [5.41, 5.74) is 0.843. The average molecular weight is 583 g/mol. The Bertz CT molecular complexity index is 1530. The molecule has 0 saturated carbocycles. The molecule has 2 heterocycles. The summed E-state index contributed by atoms with van der Waals surface area (Å²) in [4.78, 5) is 44.9. The first-order valence-electron chi connectivity index (χ1n) is 13.1. The van der Waals surface area contributed by atoms with Gasteiger partial charge in [0.2, 0.25) is 0 Å². The number of hydrogen-bond acceptors (Lipinski definition) is 9. The molecule has 0 bridgehead atoms. The number of aliphatic hydroxyl groups excluding tert-OH is 1. The molecule has 9 nitrogen and oxygen atoms in total. The molecule has 1 atom stereocenters. The van der Waals surface area contributed by atoms with E-state index in [-0.39, 0.29) is 21.1 Å². The van der Waals surface area contributed by atoms with E-state index in [2.05, 4.69) is 11.9 Å². The molecule has 1 amide bonds. The van der Waals surface area contributed by atoms with Crippen LogP contribution in [0.3, 0.4) is 0 Å². The average Bonchev–Trinajstić information content (AvgIpc) is 3.47. The van der Waals surface area contributed by atoms with E-state index in [9.17, 15) is 23.9 Å². The number of benzene rings is 2. The van der Waals surface area contributed by atoms with Crippen LogP contribution in [0, 0.1) is 19.7 Å². The standard InChI is InChI=1S/C30H31FN2O7S/c1-6-7-8-13-40-21-12-11-18(15-22(21)38-4)24-23(25(34)19-10-9-16(2)20(31)14-19)26(35)28(36)33(24)30-32-17(3)27(41-30)29(37)39-5/h9-12,14-15,24,34H,6-8,13H2,1-5H3. The number of ether oxygens (including phenoxy) is 3. The second-order valence-electron chi connectivity index (χ2n) is 9.50. The highest BCUT2D eigenvalue weighted by atomic mass is 32.1. The molecule has 1 aliphatic heterocycles. The van der Waals surface area contributed by atoms with Gasteiger partial charge in [-0.3, -0.25) is 14.5 Å². The van der Waals surface area contributed by atoms with Gasteiger partial charge in [-0.2, -0.15) is 0 Å². The largest absolute Gasteiger partial charge is 0.507 e. The first kappa shape index (κ1) is 29.7. The third-order valence-corrected chi connectivity index (χ3v) is 7.90. The molecule has 3 aromatic rings. The summed E-state index contributed by atoms with van der Waals surface area (Å²) in [5.74, 6) is -2.88. The Labute approximate surface area is 241 Å². The lowest BCUT2D eigenvalue weighted by molar-refractivity contribution is -0.132. The van der Waals surface area contributed by atoms with Crippen LogP contribution in [-0.2, 0) is 14.3 Å². The number of anilines is 1. The molecule has 1 aliphatic rings. The number of thiazole rings is 1. The van der Waals surface area contributed by atoms with Gasteiger partial charge in [0.25, 0.3) is 5.78 Å². The molecule has 1 unspecified atom stereocenters. The number of aliphatic hydroxyl groups is 1. The van der Waals surface area contributed by atoms with E-state index < -0.39 is 35.3 Å². The summed E-state index contributed by atoms with van der Waals surface area (Å²) in [6.45, 7) is 5.73. The van der Waals surface area contributed by atoms with E-state index in [1.165, 1.54) is 26.4 Å². The van der Waals surface area contributed by atoms with Gasteiger partial charge < -0.3 is 19.3 Å². The van der Waals surface area contributed by atoms with Crippen molar-refractivity contribution in [2.24, 2.45) is 0 Å². The number of Topliss-reactive ketones (excluding diaryl/α,β-unsaturated/α-hetero) is 1. The third kappa shape index (κ3) is 5.81. The van der Waals surface area contributed by atoms with E-state index in [1.54, 1.807) is 32.0 Å². The van der Waals surface area contributed by atoms with Gasteiger partial charge >= 0.3 is 11.9 Å². The molecule has 11 heteroatoms. The zero-order valence-corrected chi connectivity index (χ0v) is 24.3. The van der Waals surface area contributed by atoms with Crippen LogP contribution >= 0.6 is 11.3 Å². The summed E-state index contributed by atoms with van der Waals surface area (Å²) in [6.07, 6.45) is 2.91. The number of nitrogens with zero attached hydrogens (tertiary/aromatic N) is 2. The zero-order valence-electron chi connectivity index (χ0n) is 23.4. The van der Waals surface area contributed by atoms with E-state index >= 15 is 0 Å². The van der Waals surface area contributed by atoms with Crippen LogP contribution in [0.2, 0.25) is 0 Å². The van der Waals surface area contributed by atoms with E-state index in [0.29, 0.717) is 34.9 Å². The number of unbranched alkanes of at least 4 members (excludes halogenated alkanes) is 2. The summed E-state index contributed by atoms with van der Waals surface area (Å²) in [6, 6.07) is 7.81. The van der Waals surface area contributed by atoms with Gasteiger partial charge in [-0.25, -0.2) is 14.2 Å². The van der Waals surface area contributed by atoms with E-state index in [0.717, 1.165) is 41.6 Å². The van der Waals surface area contributed by atoms with Crippen LogP contribution in [0.25, 0.3) is 5.76 Å². The van der Waals surface area contributed by atoms with Crippen molar-refractivity contribution in [2.75, 3.05) is 25.7 Å². The minimum atomic E-state index is -1.17. The molecule has 0 spiro atoms. The van der Waals surface area contributed by atoms with Gasteiger partial charge in [0, 0.05) is 5.56 Å². The number of carbonyl (C=O) groups is 3. The number of ketones is 1. The smallest absolute Gasteiger partial charge is 0.350 e. The Morgan fingerprint density at radius 2 is 1.85 bits per heavy atom. The second-order valence-corrected chi connectivity index (χ2v) is 10.5. The fourth-order valence-corrected chi connectivity index (χ4v) is 5.53. The molecule has 0 aliphatic carbocycles. The highest BCUT2D eigenvalue weighted by Crippen LogP contribution is 2.45. The predicted octanol–water partition coefficient (Wildman–Crippen LogP) is 5.89. The van der Waals surface area contributed by atoms with Gasteiger partial charge in [0.1, 0.15) is 16.5 Å². The number of aromatic nitrogens is 1. The summed E-state index contributed by atoms with van der Waals surface area (Å²) >= 11 is 0.883. The number of aryl methyl sites for hydroxylation is 2. The van der Waals surface area contributed by atoms with E-state index in [4.69, 9.17) is 14.2 Å². The van der Waals surface area contributed by atoms with Crippen molar-refractivity contribution in [1.82, 2.24) is 4.98 Å². The molecule has 4 rings (SSSR count). The quantitative estimate of drug-likeness (QED) is 0.103. The minimum absolute atomic E-state index is 0.0320. The lowest BCUT2D eigenvalue weighted by Crippen LogP contribution is -2.29. The van der Waals surface area contributed by atoms with Crippen LogP contribution in [0.5, 0.6) is 11.5 Å². The van der Waals surface area contributed by atoms with Crippen molar-refractivity contribution in [3.63, 3.8) is 0 Å². The van der Waals surface area contributed by atoms with Crippen LogP contribution in [0.1, 0.15) is 64.3 Å². The Kier molecular flexibility index (Phi) is 9.07. The van der Waals surface area contributed by atoms with Crippen LogP contribution in [0.15, 0.2) is 42.0 Å². The highest BCUT2D eigenvalue weighted by Gasteiger charge is 2.48. The number of halogens is 1. The molecule has 1 saturated heterocycles. The summed E-state index contributed by atoms with van der Waals surface area (Å²) in [7, 11) is 2.70. The molecule has 1 N–H and O–H groups in total. The highest BCUT2D eigenvalue weighted by molar-refractivity contribution is 7.17. The van der Waals surface area contributed by atoms with Gasteiger partial charge in [-0.15, -0.1) is 0 Å². The second kappa shape index (κ2) is 12.5. The van der Waals surface area contributed by atoms with Crippen molar-refractivity contribution in [2.45, 2.75) is 46.1 Å². The minimum Gasteiger partial charge on any atom is -0.507 e. The fourth-order valence-electron chi connectivity index (χ4n) is 4.52. The summed E-state index contributed by atoms with van der Waals surface area (Å²) in [5, 5.41) is 11.4. The number of amides is 1. The number of rotatable bonds is 10. The Balaban J connectivity index is 1.89. The third-order valence-electron chi connectivity index (χ3n) is 6.76. The van der Waals surface area contributed by atoms with Gasteiger partial charge in [-0.05, 0) is 49.6 Å². The van der Waals surface area contributed by atoms with Crippen molar-refractivity contribution >= 4 is 39.9 Å². The van der Waals surface area contributed by atoms with Gasteiger partial charge in [0.15, 0.2) is 16.6 Å². The molecule has 41 heavy (non-hydrogen) atoms. The number of hydrogen-bond donors (Lipinski definition) is 1. The lowest BCUT2D eigenvalue weighted by Gasteiger charge is -2.24.